The summed E-state index contributed by atoms with van der Waals surface area (Å²) in [4.78, 5) is 6.93. The Labute approximate surface area is 263 Å². The van der Waals surface area contributed by atoms with Crippen LogP contribution in [-0.2, 0) is 16.9 Å². The van der Waals surface area contributed by atoms with Crippen LogP contribution in [0, 0.1) is 0 Å². The van der Waals surface area contributed by atoms with Crippen LogP contribution in [0.15, 0.2) is 78.2 Å². The third kappa shape index (κ3) is 7.31. The number of thiazole rings is 1. The molecule has 1 aliphatic heterocycles. The molecule has 44 heavy (non-hydrogen) atoms. The standard InChI is InChI=1S/C35H41N3O5S/c1-35(27-12-17-31(42-4)18-13-27)34(26-10-15-30(41-3)16-11-26)36-19-20-38(35)21-29(39)22-43-32-8-6-5-7-25(32)9-14-28-24-44-33(37-28)23-40-2/h5-18,24,29,34,36,39H,19-23H2,1-4H3. The Balaban J connectivity index is 1.32. The fourth-order valence-corrected chi connectivity index (χ4v) is 6.50. The Bertz CT molecular complexity index is 1510. The van der Waals surface area contributed by atoms with E-state index in [2.05, 4.69) is 46.4 Å². The van der Waals surface area contributed by atoms with Gasteiger partial charge < -0.3 is 29.4 Å². The van der Waals surface area contributed by atoms with Gasteiger partial charge in [-0.2, -0.15) is 0 Å². The summed E-state index contributed by atoms with van der Waals surface area (Å²) in [5.41, 5.74) is 3.61. The van der Waals surface area contributed by atoms with Gasteiger partial charge in [0.2, 0.25) is 0 Å². The van der Waals surface area contributed by atoms with Crippen molar-refractivity contribution in [3.63, 3.8) is 0 Å². The Kier molecular flexibility index (Phi) is 10.7. The SMILES string of the molecule is COCc1nc(C=Cc2ccccc2OCC(O)CN2CCNC(c3ccc(OC)cc3)C2(C)c2ccc(OC)cc2)cs1. The molecule has 0 saturated carbocycles. The number of hydrogen-bond donors (Lipinski definition) is 2. The molecule has 8 nitrogen and oxygen atoms in total. The van der Waals surface area contributed by atoms with Crippen molar-refractivity contribution in [1.82, 2.24) is 15.2 Å². The van der Waals surface area contributed by atoms with Crippen LogP contribution in [0.5, 0.6) is 17.2 Å². The van der Waals surface area contributed by atoms with Crippen molar-refractivity contribution in [3.8, 4) is 17.2 Å². The number of para-hydroxylation sites is 1. The minimum atomic E-state index is -0.714. The van der Waals surface area contributed by atoms with Gasteiger partial charge in [0.15, 0.2) is 0 Å². The van der Waals surface area contributed by atoms with Gasteiger partial charge in [0.25, 0.3) is 0 Å². The smallest absolute Gasteiger partial charge is 0.126 e. The molecule has 5 rings (SSSR count). The van der Waals surface area contributed by atoms with Crippen LogP contribution in [-0.4, -0.2) is 68.7 Å². The molecule has 3 aromatic carbocycles. The minimum absolute atomic E-state index is 0.0235. The lowest BCUT2D eigenvalue weighted by Gasteiger charge is -2.51. The lowest BCUT2D eigenvalue weighted by atomic mass is 9.77. The second kappa shape index (κ2) is 14.8. The molecular formula is C35H41N3O5S. The van der Waals surface area contributed by atoms with E-state index in [-0.39, 0.29) is 12.6 Å². The number of nitrogens with zero attached hydrogens (tertiary/aromatic N) is 2. The van der Waals surface area contributed by atoms with Crippen LogP contribution in [0.3, 0.4) is 0 Å². The Morgan fingerprint density at radius 3 is 2.41 bits per heavy atom. The van der Waals surface area contributed by atoms with E-state index in [1.54, 1.807) is 32.7 Å². The molecule has 1 saturated heterocycles. The van der Waals surface area contributed by atoms with Crippen molar-refractivity contribution in [2.75, 3.05) is 47.6 Å². The molecular weight excluding hydrogens is 574 g/mol. The molecule has 2 N–H and O–H groups in total. The number of aliphatic hydroxyl groups excluding tert-OH is 1. The summed E-state index contributed by atoms with van der Waals surface area (Å²) >= 11 is 1.57. The topological polar surface area (TPSA) is 85.3 Å². The number of ether oxygens (including phenoxy) is 4. The normalized spacial score (nSPS) is 19.6. The van der Waals surface area contributed by atoms with E-state index < -0.39 is 11.6 Å². The van der Waals surface area contributed by atoms with Crippen molar-refractivity contribution in [3.05, 3.63) is 106 Å². The number of piperazine rings is 1. The Morgan fingerprint density at radius 1 is 1.00 bits per heavy atom. The van der Waals surface area contributed by atoms with Gasteiger partial charge >= 0.3 is 0 Å². The number of aromatic nitrogens is 1. The number of hydrogen-bond acceptors (Lipinski definition) is 9. The lowest BCUT2D eigenvalue weighted by Crippen LogP contribution is -2.60. The molecule has 9 heteroatoms. The highest BCUT2D eigenvalue weighted by Gasteiger charge is 2.45. The number of aliphatic hydroxyl groups is 1. The molecule has 3 unspecified atom stereocenters. The highest BCUT2D eigenvalue weighted by atomic mass is 32.1. The van der Waals surface area contributed by atoms with E-state index in [0.717, 1.165) is 52.0 Å². The van der Waals surface area contributed by atoms with Crippen molar-refractivity contribution >= 4 is 23.5 Å². The van der Waals surface area contributed by atoms with E-state index in [1.807, 2.05) is 66.1 Å². The summed E-state index contributed by atoms with van der Waals surface area (Å²) in [7, 11) is 5.02. The summed E-state index contributed by atoms with van der Waals surface area (Å²) in [6.07, 6.45) is 3.24. The average Bonchev–Trinajstić information content (AvgIpc) is 3.51. The maximum Gasteiger partial charge on any atom is 0.126 e. The average molecular weight is 616 g/mol. The van der Waals surface area contributed by atoms with E-state index in [4.69, 9.17) is 18.9 Å². The first-order chi connectivity index (χ1) is 21.4. The minimum Gasteiger partial charge on any atom is -0.497 e. The van der Waals surface area contributed by atoms with E-state index >= 15 is 0 Å². The molecule has 2 heterocycles. The summed E-state index contributed by atoms with van der Waals surface area (Å²) in [6, 6.07) is 24.2. The first kappa shape index (κ1) is 31.7. The lowest BCUT2D eigenvalue weighted by molar-refractivity contribution is -0.0178. The molecule has 0 amide bonds. The van der Waals surface area contributed by atoms with Gasteiger partial charge in [0.05, 0.1) is 38.1 Å². The van der Waals surface area contributed by atoms with E-state index in [9.17, 15) is 5.11 Å². The first-order valence-corrected chi connectivity index (χ1v) is 15.6. The zero-order chi connectivity index (χ0) is 30.9. The number of β-amino-alcohol motifs (C(OH)–C–C–N with tert-alkyl or cyclic N) is 1. The zero-order valence-corrected chi connectivity index (χ0v) is 26.5. The van der Waals surface area contributed by atoms with Crippen LogP contribution in [0.25, 0.3) is 12.2 Å². The van der Waals surface area contributed by atoms with Gasteiger partial charge in [0.1, 0.15) is 35.0 Å². The van der Waals surface area contributed by atoms with Crippen LogP contribution >= 0.6 is 11.3 Å². The molecule has 0 radical (unpaired) electrons. The van der Waals surface area contributed by atoms with E-state index in [0.29, 0.717) is 18.9 Å². The maximum atomic E-state index is 11.3. The highest BCUT2D eigenvalue weighted by molar-refractivity contribution is 7.09. The molecule has 3 atom stereocenters. The molecule has 0 aliphatic carbocycles. The maximum absolute atomic E-state index is 11.3. The molecule has 232 valence electrons. The predicted octanol–water partition coefficient (Wildman–Crippen LogP) is 5.78. The molecule has 1 aliphatic rings. The summed E-state index contributed by atoms with van der Waals surface area (Å²) < 4.78 is 22.2. The number of methoxy groups -OCH3 is 3. The number of nitrogens with one attached hydrogen (secondary N) is 1. The second-order valence-corrected chi connectivity index (χ2v) is 11.9. The predicted molar refractivity (Wildman–Crippen MR) is 175 cm³/mol. The Morgan fingerprint density at radius 2 is 1.70 bits per heavy atom. The second-order valence-electron chi connectivity index (χ2n) is 10.9. The highest BCUT2D eigenvalue weighted by Crippen LogP contribution is 2.43. The Hall–Kier alpha value is -3.73. The summed E-state index contributed by atoms with van der Waals surface area (Å²) in [5, 5.41) is 18.0. The quantitative estimate of drug-likeness (QED) is 0.196. The van der Waals surface area contributed by atoms with Gasteiger partial charge in [-0.05, 0) is 60.5 Å². The van der Waals surface area contributed by atoms with E-state index in [1.165, 1.54) is 0 Å². The van der Waals surface area contributed by atoms with Crippen molar-refractivity contribution in [2.45, 2.75) is 31.2 Å². The van der Waals surface area contributed by atoms with Crippen molar-refractivity contribution < 1.29 is 24.1 Å². The molecule has 0 bridgehead atoms. The third-order valence-electron chi connectivity index (χ3n) is 8.13. The number of rotatable bonds is 13. The van der Waals surface area contributed by atoms with Gasteiger partial charge in [-0.25, -0.2) is 4.98 Å². The van der Waals surface area contributed by atoms with Crippen LogP contribution in [0.1, 0.15) is 40.4 Å². The molecule has 1 fully saturated rings. The fraction of sp³-hybridized carbons (Fsp3) is 0.343. The zero-order valence-electron chi connectivity index (χ0n) is 25.7. The first-order valence-electron chi connectivity index (χ1n) is 14.7. The third-order valence-corrected chi connectivity index (χ3v) is 8.97. The largest absolute Gasteiger partial charge is 0.497 e. The molecule has 4 aromatic rings. The van der Waals surface area contributed by atoms with Crippen LogP contribution < -0.4 is 19.5 Å². The summed E-state index contributed by atoms with van der Waals surface area (Å²) in [5.74, 6) is 2.34. The van der Waals surface area contributed by atoms with Gasteiger partial charge in [-0.15, -0.1) is 11.3 Å². The fourth-order valence-electron chi connectivity index (χ4n) is 5.76. The van der Waals surface area contributed by atoms with Gasteiger partial charge in [-0.3, -0.25) is 4.90 Å². The molecule has 0 spiro atoms. The van der Waals surface area contributed by atoms with Gasteiger partial charge in [0, 0.05) is 37.7 Å². The van der Waals surface area contributed by atoms with Crippen LogP contribution in [0.4, 0.5) is 0 Å². The number of benzene rings is 3. The van der Waals surface area contributed by atoms with Crippen LogP contribution in [0.2, 0.25) is 0 Å². The van der Waals surface area contributed by atoms with Crippen molar-refractivity contribution in [1.29, 1.82) is 0 Å². The molecule has 1 aromatic heterocycles. The monoisotopic (exact) mass is 615 g/mol. The van der Waals surface area contributed by atoms with Gasteiger partial charge in [-0.1, -0.05) is 42.5 Å². The van der Waals surface area contributed by atoms with Crippen molar-refractivity contribution in [2.24, 2.45) is 0 Å². The summed E-state index contributed by atoms with van der Waals surface area (Å²) in [6.45, 7) is 4.89.